The molecule has 0 amide bonds. The van der Waals surface area contributed by atoms with Crippen molar-refractivity contribution in [3.05, 3.63) is 0 Å². The number of nitrogens with zero attached hydrogens (tertiary/aromatic N) is 1. The Bertz CT molecular complexity index is 235. The summed E-state index contributed by atoms with van der Waals surface area (Å²) in [4.78, 5) is 1.43. The van der Waals surface area contributed by atoms with E-state index in [-0.39, 0.29) is 5.41 Å². The molecule has 1 aliphatic rings. The lowest BCUT2D eigenvalue weighted by Crippen LogP contribution is -2.46. The molecule has 5 heteroatoms. The summed E-state index contributed by atoms with van der Waals surface area (Å²) in [6.45, 7) is 3.49. The van der Waals surface area contributed by atoms with Gasteiger partial charge in [-0.1, -0.05) is 26.2 Å². The van der Waals surface area contributed by atoms with E-state index in [9.17, 15) is 13.2 Å². The third-order valence-electron chi connectivity index (χ3n) is 3.72. The molecule has 0 aliphatic heterocycles. The van der Waals surface area contributed by atoms with Crippen LogP contribution < -0.4 is 5.32 Å². The molecule has 0 heterocycles. The molecule has 1 N–H and O–H groups in total. The second-order valence-electron chi connectivity index (χ2n) is 5.63. The highest BCUT2D eigenvalue weighted by atomic mass is 19.4. The van der Waals surface area contributed by atoms with Crippen molar-refractivity contribution in [1.29, 1.82) is 0 Å². The summed E-state index contributed by atoms with van der Waals surface area (Å²) in [7, 11) is 1.58. The third-order valence-corrected chi connectivity index (χ3v) is 3.72. The highest BCUT2D eigenvalue weighted by molar-refractivity contribution is 4.87. The van der Waals surface area contributed by atoms with Crippen LogP contribution in [0.1, 0.15) is 39.0 Å². The van der Waals surface area contributed by atoms with Gasteiger partial charge in [-0.25, -0.2) is 0 Å². The van der Waals surface area contributed by atoms with E-state index in [1.54, 1.807) is 7.05 Å². The Morgan fingerprint density at radius 3 is 2.28 bits per heavy atom. The van der Waals surface area contributed by atoms with Crippen molar-refractivity contribution >= 4 is 0 Å². The van der Waals surface area contributed by atoms with E-state index in [0.717, 1.165) is 38.8 Å². The van der Waals surface area contributed by atoms with Gasteiger partial charge in [0.05, 0.1) is 6.54 Å². The molecular formula is C13H25F3N2. The van der Waals surface area contributed by atoms with Gasteiger partial charge in [-0.2, -0.15) is 13.2 Å². The van der Waals surface area contributed by atoms with Crippen LogP contribution in [0, 0.1) is 5.41 Å². The lowest BCUT2D eigenvalue weighted by atomic mass is 9.73. The van der Waals surface area contributed by atoms with Crippen molar-refractivity contribution in [1.82, 2.24) is 10.2 Å². The van der Waals surface area contributed by atoms with Crippen LogP contribution in [-0.2, 0) is 0 Å². The second-order valence-corrected chi connectivity index (χ2v) is 5.63. The standard InChI is InChI=1S/C13H25F3N2/c1-3-17-9-12(7-5-4-6-8-12)10-18(2)11-13(14,15)16/h17H,3-11H2,1-2H3. The Labute approximate surface area is 108 Å². The smallest absolute Gasteiger partial charge is 0.316 e. The summed E-state index contributed by atoms with van der Waals surface area (Å²) in [6.07, 6.45) is 1.50. The summed E-state index contributed by atoms with van der Waals surface area (Å²) in [5.74, 6) is 0. The summed E-state index contributed by atoms with van der Waals surface area (Å²) < 4.78 is 37.1. The van der Waals surface area contributed by atoms with E-state index >= 15 is 0 Å². The fraction of sp³-hybridized carbons (Fsp3) is 1.00. The van der Waals surface area contributed by atoms with Crippen molar-refractivity contribution in [2.45, 2.75) is 45.2 Å². The van der Waals surface area contributed by atoms with Gasteiger partial charge in [-0.3, -0.25) is 4.90 Å². The van der Waals surface area contributed by atoms with Crippen molar-refractivity contribution in [2.24, 2.45) is 5.41 Å². The van der Waals surface area contributed by atoms with Gasteiger partial charge in [0.1, 0.15) is 0 Å². The minimum Gasteiger partial charge on any atom is -0.316 e. The Hall–Kier alpha value is -0.290. The summed E-state index contributed by atoms with van der Waals surface area (Å²) in [5.41, 5.74) is 0.0360. The maximum absolute atomic E-state index is 12.4. The van der Waals surface area contributed by atoms with Crippen LogP contribution in [0.25, 0.3) is 0 Å². The van der Waals surface area contributed by atoms with E-state index in [1.807, 2.05) is 6.92 Å². The van der Waals surface area contributed by atoms with E-state index in [0.29, 0.717) is 6.54 Å². The second kappa shape index (κ2) is 6.75. The Morgan fingerprint density at radius 2 is 1.78 bits per heavy atom. The zero-order valence-corrected chi connectivity index (χ0v) is 11.4. The zero-order chi connectivity index (χ0) is 13.6. The first-order chi connectivity index (χ1) is 8.37. The van der Waals surface area contributed by atoms with Crippen molar-refractivity contribution in [3.63, 3.8) is 0 Å². The quantitative estimate of drug-likeness (QED) is 0.795. The van der Waals surface area contributed by atoms with Crippen LogP contribution >= 0.6 is 0 Å². The Kier molecular flexibility index (Phi) is 5.92. The molecule has 0 aromatic rings. The van der Waals surface area contributed by atoms with E-state index in [2.05, 4.69) is 5.32 Å². The zero-order valence-electron chi connectivity index (χ0n) is 11.4. The molecule has 0 unspecified atom stereocenters. The minimum absolute atomic E-state index is 0.0360. The summed E-state index contributed by atoms with van der Waals surface area (Å²) in [5, 5.41) is 3.32. The Balaban J connectivity index is 2.54. The minimum atomic E-state index is -4.09. The number of hydrogen-bond donors (Lipinski definition) is 1. The topological polar surface area (TPSA) is 15.3 Å². The molecule has 0 atom stereocenters. The van der Waals surface area contributed by atoms with E-state index in [1.165, 1.54) is 11.3 Å². The van der Waals surface area contributed by atoms with Gasteiger partial charge in [0.25, 0.3) is 0 Å². The van der Waals surface area contributed by atoms with Crippen LogP contribution in [0.3, 0.4) is 0 Å². The van der Waals surface area contributed by atoms with Crippen LogP contribution in [0.4, 0.5) is 13.2 Å². The lowest BCUT2D eigenvalue weighted by Gasteiger charge is -2.40. The van der Waals surface area contributed by atoms with Gasteiger partial charge in [0.15, 0.2) is 0 Å². The first-order valence-corrected chi connectivity index (χ1v) is 6.83. The fourth-order valence-electron chi connectivity index (χ4n) is 3.02. The number of nitrogens with one attached hydrogen (secondary N) is 1. The first-order valence-electron chi connectivity index (χ1n) is 6.83. The van der Waals surface area contributed by atoms with Gasteiger partial charge in [-0.05, 0) is 31.8 Å². The van der Waals surface area contributed by atoms with Crippen molar-refractivity contribution in [3.8, 4) is 0 Å². The molecule has 1 saturated carbocycles. The number of hydrogen-bond acceptors (Lipinski definition) is 2. The van der Waals surface area contributed by atoms with Gasteiger partial charge in [0, 0.05) is 13.1 Å². The maximum Gasteiger partial charge on any atom is 0.401 e. The predicted octanol–water partition coefficient (Wildman–Crippen LogP) is 3.04. The van der Waals surface area contributed by atoms with Gasteiger partial charge in [-0.15, -0.1) is 0 Å². The monoisotopic (exact) mass is 266 g/mol. The van der Waals surface area contributed by atoms with Gasteiger partial charge < -0.3 is 5.32 Å². The molecule has 1 rings (SSSR count). The average Bonchev–Trinajstić information content (AvgIpc) is 2.25. The number of alkyl halides is 3. The lowest BCUT2D eigenvalue weighted by molar-refractivity contribution is -0.146. The fourth-order valence-corrected chi connectivity index (χ4v) is 3.02. The Morgan fingerprint density at radius 1 is 1.17 bits per heavy atom. The summed E-state index contributed by atoms with van der Waals surface area (Å²) in [6, 6.07) is 0. The number of halogens is 3. The normalized spacial score (nSPS) is 20.3. The molecule has 0 radical (unpaired) electrons. The molecule has 1 aliphatic carbocycles. The third kappa shape index (κ3) is 5.57. The summed E-state index contributed by atoms with van der Waals surface area (Å²) >= 11 is 0. The molecule has 1 fully saturated rings. The molecule has 0 spiro atoms. The van der Waals surface area contributed by atoms with Crippen molar-refractivity contribution < 1.29 is 13.2 Å². The number of rotatable bonds is 6. The van der Waals surface area contributed by atoms with Crippen LogP contribution in [0.5, 0.6) is 0 Å². The highest BCUT2D eigenvalue weighted by Crippen LogP contribution is 2.36. The van der Waals surface area contributed by atoms with Crippen LogP contribution in [0.15, 0.2) is 0 Å². The SMILES string of the molecule is CCNCC1(CN(C)CC(F)(F)F)CCCCC1. The van der Waals surface area contributed by atoms with Gasteiger partial charge >= 0.3 is 6.18 Å². The average molecular weight is 266 g/mol. The molecular weight excluding hydrogens is 241 g/mol. The van der Waals surface area contributed by atoms with E-state index < -0.39 is 12.7 Å². The van der Waals surface area contributed by atoms with E-state index in [4.69, 9.17) is 0 Å². The predicted molar refractivity (Wildman–Crippen MR) is 67.6 cm³/mol. The van der Waals surface area contributed by atoms with Crippen molar-refractivity contribution in [2.75, 3.05) is 33.2 Å². The highest BCUT2D eigenvalue weighted by Gasteiger charge is 2.36. The molecule has 0 aromatic carbocycles. The van der Waals surface area contributed by atoms with Gasteiger partial charge in [0.2, 0.25) is 0 Å². The molecule has 0 aromatic heterocycles. The maximum atomic E-state index is 12.4. The molecule has 0 bridgehead atoms. The molecule has 108 valence electrons. The molecule has 2 nitrogen and oxygen atoms in total. The molecule has 0 saturated heterocycles. The first kappa shape index (κ1) is 15.8. The van der Waals surface area contributed by atoms with Crippen LogP contribution in [0.2, 0.25) is 0 Å². The largest absolute Gasteiger partial charge is 0.401 e. The van der Waals surface area contributed by atoms with Crippen LogP contribution in [-0.4, -0.2) is 44.3 Å². The molecule has 18 heavy (non-hydrogen) atoms.